The van der Waals surface area contributed by atoms with E-state index in [4.69, 9.17) is 5.73 Å². The molecule has 0 aromatic carbocycles. The highest BCUT2D eigenvalue weighted by Gasteiger charge is 2.18. The maximum atomic E-state index is 12.5. The van der Waals surface area contributed by atoms with E-state index in [9.17, 15) is 4.79 Å². The highest BCUT2D eigenvalue weighted by molar-refractivity contribution is 7.29. The largest absolute Gasteiger partial charge is 0.354 e. The molecule has 5 nitrogen and oxygen atoms in total. The van der Waals surface area contributed by atoms with E-state index >= 15 is 0 Å². The van der Waals surface area contributed by atoms with E-state index in [1.54, 1.807) is 16.2 Å². The third-order valence-corrected chi connectivity index (χ3v) is 5.99. The fourth-order valence-corrected chi connectivity index (χ4v) is 4.11. The van der Waals surface area contributed by atoms with Gasteiger partial charge in [-0.15, -0.1) is 36.2 Å². The molecule has 1 amide bonds. The lowest BCUT2D eigenvalue weighted by Crippen LogP contribution is -2.34. The van der Waals surface area contributed by atoms with Crippen molar-refractivity contribution < 1.29 is 4.79 Å². The van der Waals surface area contributed by atoms with Crippen LogP contribution in [0.5, 0.6) is 0 Å². The van der Waals surface area contributed by atoms with Crippen LogP contribution in [-0.2, 0) is 0 Å². The minimum Gasteiger partial charge on any atom is -0.354 e. The monoisotopic (exact) mass is 412 g/mol. The number of amides is 1. The predicted octanol–water partition coefficient (Wildman–Crippen LogP) is 3.71. The highest BCUT2D eigenvalue weighted by Crippen LogP contribution is 2.34. The molecule has 0 radical (unpaired) electrons. The molecule has 9 heteroatoms. The Morgan fingerprint density at radius 2 is 1.88 bits per heavy atom. The molecule has 2 N–H and O–H groups in total. The number of thiazole rings is 1. The van der Waals surface area contributed by atoms with Crippen LogP contribution in [0.4, 0.5) is 5.13 Å². The normalized spacial score (nSPS) is 11.8. The Hall–Kier alpha value is -0.600. The maximum Gasteiger partial charge on any atom is 0.263 e. The predicted molar refractivity (Wildman–Crippen MR) is 111 cm³/mol. The van der Waals surface area contributed by atoms with Crippen molar-refractivity contribution >= 4 is 68.1 Å². The van der Waals surface area contributed by atoms with Crippen LogP contribution in [0.15, 0.2) is 6.07 Å². The number of carbonyl (C=O) groups excluding carboxylic acids is 1. The molecule has 0 aliphatic carbocycles. The number of aromatic nitrogens is 1. The molecule has 0 aliphatic rings. The fourth-order valence-electron chi connectivity index (χ4n) is 1.99. The van der Waals surface area contributed by atoms with E-state index in [2.05, 4.69) is 18.8 Å². The van der Waals surface area contributed by atoms with Crippen molar-refractivity contribution in [3.63, 3.8) is 0 Å². The van der Waals surface area contributed by atoms with Gasteiger partial charge in [-0.3, -0.25) is 4.79 Å². The number of fused-ring (bicyclic) bond motifs is 1. The lowest BCUT2D eigenvalue weighted by Gasteiger charge is -2.21. The number of nitrogens with two attached hydrogens (primary N) is 1. The summed E-state index contributed by atoms with van der Waals surface area (Å²) >= 11 is 3.07. The van der Waals surface area contributed by atoms with E-state index in [0.29, 0.717) is 12.5 Å². The zero-order valence-electron chi connectivity index (χ0n) is 14.6. The van der Waals surface area contributed by atoms with Gasteiger partial charge in [-0.05, 0) is 18.4 Å². The zero-order chi connectivity index (χ0) is 16.4. The van der Waals surface area contributed by atoms with Crippen LogP contribution in [0.1, 0.15) is 29.9 Å². The molecular weight excluding hydrogens is 387 g/mol. The van der Waals surface area contributed by atoms with Crippen molar-refractivity contribution in [2.75, 3.05) is 32.6 Å². The van der Waals surface area contributed by atoms with Crippen molar-refractivity contribution in [2.45, 2.75) is 26.3 Å². The number of thiophene rings is 1. The number of halogens is 2. The molecule has 2 rings (SSSR count). The first-order valence-electron chi connectivity index (χ1n) is 7.38. The van der Waals surface area contributed by atoms with Crippen LogP contribution in [0, 0.1) is 5.92 Å². The highest BCUT2D eigenvalue weighted by atomic mass is 35.5. The van der Waals surface area contributed by atoms with Gasteiger partial charge in [0.25, 0.3) is 5.91 Å². The molecule has 2 aromatic heterocycles. The van der Waals surface area contributed by atoms with E-state index < -0.39 is 0 Å². The summed E-state index contributed by atoms with van der Waals surface area (Å²) in [5, 5.41) is 0.969. The number of hydrogen-bond acceptors (Lipinski definition) is 6. The number of nitrogens with zero attached hydrogens (tertiary/aromatic N) is 3. The quantitative estimate of drug-likeness (QED) is 0.784. The lowest BCUT2D eigenvalue weighted by molar-refractivity contribution is 0.0794. The fraction of sp³-hybridized carbons (Fsp3) is 0.600. The first-order valence-corrected chi connectivity index (χ1v) is 9.01. The lowest BCUT2D eigenvalue weighted by atomic mass is 10.0. The molecule has 1 unspecified atom stereocenters. The third kappa shape index (κ3) is 5.46. The Bertz CT molecular complexity index is 625. The second-order valence-corrected chi connectivity index (χ2v) is 8.13. The molecular formula is C15H26Cl2N4OS2. The molecule has 0 spiro atoms. The van der Waals surface area contributed by atoms with Crippen molar-refractivity contribution in [1.29, 1.82) is 0 Å². The number of rotatable bonds is 6. The van der Waals surface area contributed by atoms with Gasteiger partial charge in [0.1, 0.15) is 4.83 Å². The Morgan fingerprint density at radius 3 is 2.38 bits per heavy atom. The standard InChI is InChI=1S/C15H24N4OS2.2ClH/c1-9(2)10(16)6-7-19(5)14(20)12-8-11-13(21-12)17-15(22-11)18(3)4;;/h8-10H,6-7,16H2,1-5H3;2*1H. The Balaban J connectivity index is 0.00000264. The van der Waals surface area contributed by atoms with Crippen molar-refractivity contribution in [1.82, 2.24) is 9.88 Å². The summed E-state index contributed by atoms with van der Waals surface area (Å²) in [5.41, 5.74) is 6.04. The molecule has 0 saturated carbocycles. The summed E-state index contributed by atoms with van der Waals surface area (Å²) in [6, 6.07) is 2.08. The summed E-state index contributed by atoms with van der Waals surface area (Å²) in [5.74, 6) is 0.488. The van der Waals surface area contributed by atoms with Crippen LogP contribution in [0.2, 0.25) is 0 Å². The van der Waals surface area contributed by atoms with Crippen molar-refractivity contribution in [3.8, 4) is 0 Å². The molecule has 138 valence electrons. The van der Waals surface area contributed by atoms with Gasteiger partial charge in [0.15, 0.2) is 5.13 Å². The van der Waals surface area contributed by atoms with Crippen LogP contribution < -0.4 is 10.6 Å². The van der Waals surface area contributed by atoms with Crippen molar-refractivity contribution in [2.24, 2.45) is 11.7 Å². The number of anilines is 1. The Morgan fingerprint density at radius 1 is 1.25 bits per heavy atom. The molecule has 24 heavy (non-hydrogen) atoms. The summed E-state index contributed by atoms with van der Waals surface area (Å²) in [6.45, 7) is 4.89. The van der Waals surface area contributed by atoms with Gasteiger partial charge in [0.2, 0.25) is 0 Å². The van der Waals surface area contributed by atoms with E-state index in [0.717, 1.165) is 26.0 Å². The minimum atomic E-state index is 0. The first-order chi connectivity index (χ1) is 10.3. The van der Waals surface area contributed by atoms with Crippen molar-refractivity contribution in [3.05, 3.63) is 10.9 Å². The Labute approximate surface area is 164 Å². The van der Waals surface area contributed by atoms with Gasteiger partial charge in [-0.1, -0.05) is 25.2 Å². The molecule has 0 aliphatic heterocycles. The van der Waals surface area contributed by atoms with Gasteiger partial charge < -0.3 is 15.5 Å². The molecule has 0 fully saturated rings. The number of hydrogen-bond donors (Lipinski definition) is 1. The second kappa shape index (κ2) is 9.77. The average molecular weight is 413 g/mol. The van der Waals surface area contributed by atoms with Crippen LogP contribution in [-0.4, -0.2) is 49.5 Å². The van der Waals surface area contributed by atoms with Gasteiger partial charge in [0, 0.05) is 33.7 Å². The zero-order valence-corrected chi connectivity index (χ0v) is 17.9. The molecule has 0 saturated heterocycles. The van der Waals surface area contributed by atoms with Crippen LogP contribution in [0.25, 0.3) is 9.53 Å². The van der Waals surface area contributed by atoms with Gasteiger partial charge in [0.05, 0.1) is 9.58 Å². The van der Waals surface area contributed by atoms with E-state index in [1.807, 2.05) is 32.1 Å². The molecule has 1 atom stereocenters. The van der Waals surface area contributed by atoms with Crippen LogP contribution in [0.3, 0.4) is 0 Å². The summed E-state index contributed by atoms with van der Waals surface area (Å²) < 4.78 is 1.07. The summed E-state index contributed by atoms with van der Waals surface area (Å²) in [4.78, 5) is 22.4. The van der Waals surface area contributed by atoms with Gasteiger partial charge >= 0.3 is 0 Å². The second-order valence-electron chi connectivity index (χ2n) is 6.09. The molecule has 0 bridgehead atoms. The Kier molecular flexibility index (Phi) is 9.53. The first kappa shape index (κ1) is 23.4. The molecule has 2 heterocycles. The maximum absolute atomic E-state index is 12.5. The van der Waals surface area contributed by atoms with Crippen LogP contribution >= 0.6 is 47.5 Å². The number of carbonyl (C=O) groups is 1. The molecule has 2 aromatic rings. The smallest absolute Gasteiger partial charge is 0.263 e. The SMILES string of the molecule is CC(C)C(N)CCN(C)C(=O)c1cc2sc(N(C)C)nc2s1.Cl.Cl. The topological polar surface area (TPSA) is 62.5 Å². The van der Waals surface area contributed by atoms with E-state index in [-0.39, 0.29) is 36.8 Å². The average Bonchev–Trinajstić information content (AvgIpc) is 3.01. The van der Waals surface area contributed by atoms with Gasteiger partial charge in [-0.2, -0.15) is 0 Å². The summed E-state index contributed by atoms with van der Waals surface area (Å²) in [7, 11) is 5.78. The minimum absolute atomic E-state index is 0. The van der Waals surface area contributed by atoms with Gasteiger partial charge in [-0.25, -0.2) is 4.98 Å². The third-order valence-electron chi connectivity index (χ3n) is 3.67. The van der Waals surface area contributed by atoms with E-state index in [1.165, 1.54) is 11.3 Å². The summed E-state index contributed by atoms with van der Waals surface area (Å²) in [6.07, 6.45) is 0.822.